The molecule has 5 nitrogen and oxygen atoms in total. The van der Waals surface area contributed by atoms with Crippen LogP contribution in [0.5, 0.6) is 0 Å². The summed E-state index contributed by atoms with van der Waals surface area (Å²) in [4.78, 5) is 12.5. The summed E-state index contributed by atoms with van der Waals surface area (Å²) in [5.74, 6) is 0.977. The first-order chi connectivity index (χ1) is 9.99. The maximum atomic E-state index is 12.3. The fourth-order valence-corrected chi connectivity index (χ4v) is 3.88. The second-order valence-corrected chi connectivity index (χ2v) is 7.49. The molecule has 1 aromatic rings. The summed E-state index contributed by atoms with van der Waals surface area (Å²) < 4.78 is 25.5. The molecule has 0 aromatic heterocycles. The van der Waals surface area contributed by atoms with Crippen LogP contribution in [0.1, 0.15) is 12.8 Å². The molecule has 21 heavy (non-hydrogen) atoms. The number of hydrogen-bond donors (Lipinski definition) is 2. The molecule has 0 saturated heterocycles. The van der Waals surface area contributed by atoms with E-state index in [2.05, 4.69) is 22.2 Å². The number of sulfonamides is 1. The number of benzene rings is 1. The van der Waals surface area contributed by atoms with E-state index in [1.165, 1.54) is 19.2 Å². The lowest BCUT2D eigenvalue weighted by atomic mass is 9.93. The molecule has 6 heteroatoms. The summed E-state index contributed by atoms with van der Waals surface area (Å²) >= 11 is 0. The lowest BCUT2D eigenvalue weighted by Crippen LogP contribution is -2.26. The molecule has 1 fully saturated rings. The van der Waals surface area contributed by atoms with Gasteiger partial charge in [0.1, 0.15) is 0 Å². The number of amides is 1. The SMILES string of the molecule is CNS(=O)(=O)c1ccc(NC(=O)[C@H]2C[C@@H]3C=C[C@@H]2C3)cc1. The summed E-state index contributed by atoms with van der Waals surface area (Å²) in [6, 6.07) is 6.21. The van der Waals surface area contributed by atoms with Gasteiger partial charge in [0, 0.05) is 11.6 Å². The van der Waals surface area contributed by atoms with E-state index >= 15 is 0 Å². The standard InChI is InChI=1S/C15H18N2O3S/c1-16-21(19,20)13-6-4-12(5-7-13)17-15(18)14-9-10-2-3-11(14)8-10/h2-7,10-11,14,16H,8-9H2,1H3,(H,17,18)/t10-,11-,14+/m1/s1. The molecule has 1 amide bonds. The van der Waals surface area contributed by atoms with E-state index in [-0.39, 0.29) is 16.7 Å². The molecule has 0 heterocycles. The Kier molecular flexibility index (Phi) is 3.59. The predicted molar refractivity (Wildman–Crippen MR) is 80.2 cm³/mol. The number of carbonyl (C=O) groups excluding carboxylic acids is 1. The molecule has 2 aliphatic rings. The molecular formula is C15H18N2O3S. The molecule has 2 bridgehead atoms. The Balaban J connectivity index is 1.68. The van der Waals surface area contributed by atoms with Crippen molar-refractivity contribution in [2.45, 2.75) is 17.7 Å². The molecule has 3 rings (SSSR count). The highest BCUT2D eigenvalue weighted by atomic mass is 32.2. The molecule has 1 aromatic carbocycles. The van der Waals surface area contributed by atoms with Gasteiger partial charge >= 0.3 is 0 Å². The van der Waals surface area contributed by atoms with Crippen LogP contribution in [0, 0.1) is 17.8 Å². The van der Waals surface area contributed by atoms with Crippen molar-refractivity contribution < 1.29 is 13.2 Å². The van der Waals surface area contributed by atoms with Crippen molar-refractivity contribution in [3.8, 4) is 0 Å². The first-order valence-corrected chi connectivity index (χ1v) is 8.51. The molecular weight excluding hydrogens is 288 g/mol. The smallest absolute Gasteiger partial charge is 0.240 e. The summed E-state index contributed by atoms with van der Waals surface area (Å²) in [5, 5.41) is 2.88. The van der Waals surface area contributed by atoms with Gasteiger partial charge in [-0.1, -0.05) is 12.2 Å². The Bertz CT molecular complexity index is 679. The third-order valence-corrected chi connectivity index (χ3v) is 5.75. The van der Waals surface area contributed by atoms with Crippen molar-refractivity contribution in [3.05, 3.63) is 36.4 Å². The Morgan fingerprint density at radius 2 is 1.86 bits per heavy atom. The molecule has 112 valence electrons. The number of fused-ring (bicyclic) bond motifs is 2. The molecule has 1 saturated carbocycles. The number of nitrogens with one attached hydrogen (secondary N) is 2. The van der Waals surface area contributed by atoms with Crippen molar-refractivity contribution in [1.82, 2.24) is 4.72 Å². The van der Waals surface area contributed by atoms with Crippen LogP contribution < -0.4 is 10.0 Å². The van der Waals surface area contributed by atoms with E-state index in [9.17, 15) is 13.2 Å². The van der Waals surface area contributed by atoms with Crippen LogP contribution >= 0.6 is 0 Å². The molecule has 2 N–H and O–H groups in total. The number of anilines is 1. The lowest BCUT2D eigenvalue weighted by Gasteiger charge is -2.17. The minimum atomic E-state index is -3.44. The zero-order chi connectivity index (χ0) is 15.0. The number of carbonyl (C=O) groups is 1. The summed E-state index contributed by atoms with van der Waals surface area (Å²) in [5.41, 5.74) is 0.627. The summed E-state index contributed by atoms with van der Waals surface area (Å²) in [7, 11) is -2.07. The van der Waals surface area contributed by atoms with Crippen molar-refractivity contribution in [2.24, 2.45) is 17.8 Å². The molecule has 2 aliphatic carbocycles. The quantitative estimate of drug-likeness (QED) is 0.832. The maximum absolute atomic E-state index is 12.3. The van der Waals surface area contributed by atoms with Gasteiger partial charge in [0.2, 0.25) is 15.9 Å². The first kappa shape index (κ1) is 14.3. The van der Waals surface area contributed by atoms with Gasteiger partial charge in [0.05, 0.1) is 4.90 Å². The summed E-state index contributed by atoms with van der Waals surface area (Å²) in [6.45, 7) is 0. The molecule has 0 spiro atoms. The highest BCUT2D eigenvalue weighted by molar-refractivity contribution is 7.89. The Labute approximate surface area is 124 Å². The van der Waals surface area contributed by atoms with Gasteiger partial charge in [0.25, 0.3) is 0 Å². The van der Waals surface area contributed by atoms with Crippen molar-refractivity contribution in [1.29, 1.82) is 0 Å². The average molecular weight is 306 g/mol. The third kappa shape index (κ3) is 2.73. The Morgan fingerprint density at radius 1 is 1.14 bits per heavy atom. The third-order valence-electron chi connectivity index (χ3n) is 4.32. The topological polar surface area (TPSA) is 75.3 Å². The van der Waals surface area contributed by atoms with Crippen LogP contribution in [0.2, 0.25) is 0 Å². The van der Waals surface area contributed by atoms with Crippen molar-refractivity contribution in [2.75, 3.05) is 12.4 Å². The zero-order valence-electron chi connectivity index (χ0n) is 11.7. The minimum Gasteiger partial charge on any atom is -0.326 e. The number of rotatable bonds is 4. The van der Waals surface area contributed by atoms with Gasteiger partial charge < -0.3 is 5.32 Å². The lowest BCUT2D eigenvalue weighted by molar-refractivity contribution is -0.120. The summed E-state index contributed by atoms with van der Waals surface area (Å²) in [6.07, 6.45) is 6.34. The normalized spacial score (nSPS) is 27.0. The average Bonchev–Trinajstić information content (AvgIpc) is 3.10. The van der Waals surface area contributed by atoms with E-state index < -0.39 is 10.0 Å². The van der Waals surface area contributed by atoms with Gasteiger partial charge in [-0.05, 0) is 56.0 Å². The highest BCUT2D eigenvalue weighted by Crippen LogP contribution is 2.43. The molecule has 3 atom stereocenters. The minimum absolute atomic E-state index is 0.0241. The Morgan fingerprint density at radius 3 is 2.38 bits per heavy atom. The molecule has 0 unspecified atom stereocenters. The monoisotopic (exact) mass is 306 g/mol. The van der Waals surface area contributed by atoms with Crippen molar-refractivity contribution in [3.63, 3.8) is 0 Å². The van der Waals surface area contributed by atoms with Gasteiger partial charge in [0.15, 0.2) is 0 Å². The maximum Gasteiger partial charge on any atom is 0.240 e. The van der Waals surface area contributed by atoms with E-state index in [0.717, 1.165) is 12.8 Å². The van der Waals surface area contributed by atoms with E-state index in [0.29, 0.717) is 17.5 Å². The van der Waals surface area contributed by atoms with E-state index in [1.54, 1.807) is 12.1 Å². The fraction of sp³-hybridized carbons (Fsp3) is 0.400. The Hall–Kier alpha value is -1.66. The number of hydrogen-bond acceptors (Lipinski definition) is 3. The van der Waals surface area contributed by atoms with Crippen LogP contribution in [0.4, 0.5) is 5.69 Å². The first-order valence-electron chi connectivity index (χ1n) is 7.02. The second-order valence-electron chi connectivity index (χ2n) is 5.61. The van der Waals surface area contributed by atoms with Crippen LogP contribution in [0.3, 0.4) is 0 Å². The van der Waals surface area contributed by atoms with Crippen LogP contribution in [-0.2, 0) is 14.8 Å². The number of allylic oxidation sites excluding steroid dienone is 2. The zero-order valence-corrected chi connectivity index (χ0v) is 12.6. The van der Waals surface area contributed by atoms with E-state index in [4.69, 9.17) is 0 Å². The highest BCUT2D eigenvalue weighted by Gasteiger charge is 2.39. The largest absolute Gasteiger partial charge is 0.326 e. The van der Waals surface area contributed by atoms with Gasteiger partial charge in [-0.15, -0.1) is 0 Å². The molecule has 0 aliphatic heterocycles. The molecule has 0 radical (unpaired) electrons. The van der Waals surface area contributed by atoms with E-state index in [1.807, 2.05) is 0 Å². The van der Waals surface area contributed by atoms with Crippen LogP contribution in [0.25, 0.3) is 0 Å². The van der Waals surface area contributed by atoms with Gasteiger partial charge in [-0.25, -0.2) is 13.1 Å². The van der Waals surface area contributed by atoms with Gasteiger partial charge in [-0.2, -0.15) is 0 Å². The predicted octanol–water partition coefficient (Wildman–Crippen LogP) is 1.75. The van der Waals surface area contributed by atoms with Crippen LogP contribution in [-0.4, -0.2) is 21.4 Å². The second kappa shape index (κ2) is 5.27. The van der Waals surface area contributed by atoms with Crippen LogP contribution in [0.15, 0.2) is 41.3 Å². The van der Waals surface area contributed by atoms with Gasteiger partial charge in [-0.3, -0.25) is 4.79 Å². The van der Waals surface area contributed by atoms with Crippen molar-refractivity contribution >= 4 is 21.6 Å². The fourth-order valence-electron chi connectivity index (χ4n) is 3.15.